The van der Waals surface area contributed by atoms with Gasteiger partial charge >= 0.3 is 18.0 Å². The number of ether oxygens (including phenoxy) is 1. The molecule has 0 aromatic heterocycles. The maximum atomic E-state index is 11.9. The topological polar surface area (TPSA) is 95.9 Å². The summed E-state index contributed by atoms with van der Waals surface area (Å²) in [5.41, 5.74) is 0. The number of nitrogens with one attached hydrogen (secondary N) is 1. The van der Waals surface area contributed by atoms with Crippen molar-refractivity contribution in [2.75, 3.05) is 13.7 Å². The molecule has 0 aromatic carbocycles. The molecule has 0 heterocycles. The lowest BCUT2D eigenvalue weighted by atomic mass is 10.1. The molecule has 0 unspecified atom stereocenters. The van der Waals surface area contributed by atoms with Crippen LogP contribution in [0.1, 0.15) is 32.6 Å². The van der Waals surface area contributed by atoms with Gasteiger partial charge in [0.2, 0.25) is 0 Å². The fraction of sp³-hybridized carbons (Fsp3) is 0.750. The largest absolute Gasteiger partial charge is 0.480 e. The Kier molecular flexibility index (Phi) is 5.59. The molecule has 0 aromatic rings. The lowest BCUT2D eigenvalue weighted by Crippen LogP contribution is -2.48. The first-order valence-corrected chi connectivity index (χ1v) is 6.36. The van der Waals surface area contributed by atoms with E-state index in [2.05, 4.69) is 10.1 Å². The highest BCUT2D eigenvalue weighted by Crippen LogP contribution is 2.26. The van der Waals surface area contributed by atoms with E-state index >= 15 is 0 Å². The minimum Gasteiger partial charge on any atom is -0.480 e. The van der Waals surface area contributed by atoms with Gasteiger partial charge in [-0.2, -0.15) is 0 Å². The van der Waals surface area contributed by atoms with Gasteiger partial charge in [0, 0.05) is 19.0 Å². The van der Waals surface area contributed by atoms with Gasteiger partial charge in [0.05, 0.1) is 7.11 Å². The quantitative estimate of drug-likeness (QED) is 0.661. The molecule has 2 amide bonds. The number of carboxylic acids is 1. The Bertz CT molecular complexity index is 354. The number of hydrogen-bond acceptors (Lipinski definition) is 4. The number of carbonyl (C=O) groups excluding carboxylic acids is 2. The minimum absolute atomic E-state index is 0.0238. The van der Waals surface area contributed by atoms with Crippen LogP contribution in [0, 0.1) is 0 Å². The smallest absolute Gasteiger partial charge is 0.326 e. The average Bonchev–Trinajstić information content (AvgIpc) is 3.18. The molecular formula is C12H20N2O5. The molecule has 7 nitrogen and oxygen atoms in total. The van der Waals surface area contributed by atoms with Gasteiger partial charge in [0.1, 0.15) is 6.04 Å². The number of amides is 2. The summed E-state index contributed by atoms with van der Waals surface area (Å²) in [5.74, 6) is -1.64. The van der Waals surface area contributed by atoms with Crippen molar-refractivity contribution in [2.24, 2.45) is 0 Å². The SMILES string of the molecule is CCN(C(=O)N[C@@H](CCC(=O)OC)C(=O)O)C1CC1. The number of methoxy groups -OCH3 is 1. The zero-order valence-electron chi connectivity index (χ0n) is 11.2. The summed E-state index contributed by atoms with van der Waals surface area (Å²) in [4.78, 5) is 35.6. The fourth-order valence-corrected chi connectivity index (χ4v) is 1.81. The molecule has 1 aliphatic carbocycles. The van der Waals surface area contributed by atoms with Gasteiger partial charge in [0.25, 0.3) is 0 Å². The molecule has 7 heteroatoms. The van der Waals surface area contributed by atoms with Crippen LogP contribution in [0.2, 0.25) is 0 Å². The zero-order chi connectivity index (χ0) is 14.4. The second-order valence-corrected chi connectivity index (χ2v) is 4.47. The molecule has 1 saturated carbocycles. The van der Waals surface area contributed by atoms with Crippen molar-refractivity contribution in [3.63, 3.8) is 0 Å². The maximum Gasteiger partial charge on any atom is 0.326 e. The summed E-state index contributed by atoms with van der Waals surface area (Å²) >= 11 is 0. The van der Waals surface area contributed by atoms with Crippen LogP contribution in [0.25, 0.3) is 0 Å². The van der Waals surface area contributed by atoms with Crippen molar-refractivity contribution in [3.05, 3.63) is 0 Å². The van der Waals surface area contributed by atoms with Gasteiger partial charge in [-0.15, -0.1) is 0 Å². The molecule has 0 saturated heterocycles. The summed E-state index contributed by atoms with van der Waals surface area (Å²) in [5, 5.41) is 11.5. The molecule has 0 bridgehead atoms. The summed E-state index contributed by atoms with van der Waals surface area (Å²) in [6, 6.07) is -1.23. The first kappa shape index (κ1) is 15.3. The Morgan fingerprint density at radius 3 is 2.47 bits per heavy atom. The molecule has 1 rings (SSSR count). The molecule has 1 fully saturated rings. The average molecular weight is 272 g/mol. The van der Waals surface area contributed by atoms with Crippen molar-refractivity contribution in [2.45, 2.75) is 44.7 Å². The van der Waals surface area contributed by atoms with E-state index in [9.17, 15) is 14.4 Å². The third-order valence-electron chi connectivity index (χ3n) is 3.05. The molecule has 0 spiro atoms. The van der Waals surface area contributed by atoms with Crippen LogP contribution in [-0.2, 0) is 14.3 Å². The lowest BCUT2D eigenvalue weighted by molar-refractivity contribution is -0.142. The Morgan fingerprint density at radius 1 is 1.42 bits per heavy atom. The fourth-order valence-electron chi connectivity index (χ4n) is 1.81. The van der Waals surface area contributed by atoms with Crippen molar-refractivity contribution in [1.82, 2.24) is 10.2 Å². The van der Waals surface area contributed by atoms with E-state index in [0.29, 0.717) is 6.54 Å². The first-order valence-electron chi connectivity index (χ1n) is 6.36. The molecular weight excluding hydrogens is 252 g/mol. The van der Waals surface area contributed by atoms with Crippen molar-refractivity contribution in [1.29, 1.82) is 0 Å². The van der Waals surface area contributed by atoms with Crippen LogP contribution in [0.15, 0.2) is 0 Å². The number of rotatable bonds is 7. The van der Waals surface area contributed by atoms with E-state index in [1.165, 1.54) is 7.11 Å². The number of aliphatic carboxylic acids is 1. The monoisotopic (exact) mass is 272 g/mol. The van der Waals surface area contributed by atoms with E-state index in [-0.39, 0.29) is 24.9 Å². The Hall–Kier alpha value is -1.79. The van der Waals surface area contributed by atoms with Gasteiger partial charge in [-0.05, 0) is 26.2 Å². The summed E-state index contributed by atoms with van der Waals surface area (Å²) < 4.78 is 4.45. The van der Waals surface area contributed by atoms with E-state index in [1.807, 2.05) is 6.92 Å². The predicted octanol–water partition coefficient (Wildman–Crippen LogP) is 0.587. The standard InChI is InChI=1S/C12H20N2O5/c1-3-14(8-4-5-8)12(18)13-9(11(16)17)6-7-10(15)19-2/h8-9H,3-7H2,1-2H3,(H,13,18)(H,16,17)/t9-/m0/s1. The summed E-state index contributed by atoms with van der Waals surface area (Å²) in [6.07, 6.45) is 1.90. The van der Waals surface area contributed by atoms with E-state index in [0.717, 1.165) is 12.8 Å². The van der Waals surface area contributed by atoms with Crippen LogP contribution in [0.4, 0.5) is 4.79 Å². The normalized spacial score (nSPS) is 15.5. The van der Waals surface area contributed by atoms with Crippen molar-refractivity contribution < 1.29 is 24.2 Å². The van der Waals surface area contributed by atoms with Crippen LogP contribution >= 0.6 is 0 Å². The Labute approximate surface area is 111 Å². The second kappa shape index (κ2) is 6.96. The molecule has 0 radical (unpaired) electrons. The van der Waals surface area contributed by atoms with Crippen LogP contribution in [0.3, 0.4) is 0 Å². The van der Waals surface area contributed by atoms with Gasteiger partial charge in [0.15, 0.2) is 0 Å². The number of hydrogen-bond donors (Lipinski definition) is 2. The molecule has 1 aliphatic rings. The maximum absolute atomic E-state index is 11.9. The van der Waals surface area contributed by atoms with Crippen LogP contribution in [-0.4, -0.2) is 53.7 Å². The van der Waals surface area contributed by atoms with Crippen molar-refractivity contribution >= 4 is 18.0 Å². The van der Waals surface area contributed by atoms with Crippen molar-refractivity contribution in [3.8, 4) is 0 Å². The highest BCUT2D eigenvalue weighted by molar-refractivity contribution is 5.83. The number of carboxylic acid groups (broad SMARTS) is 1. The van der Waals surface area contributed by atoms with E-state index < -0.39 is 18.0 Å². The third-order valence-corrected chi connectivity index (χ3v) is 3.05. The Balaban J connectivity index is 2.49. The number of carbonyl (C=O) groups is 3. The van der Waals surface area contributed by atoms with E-state index in [4.69, 9.17) is 5.11 Å². The number of urea groups is 1. The molecule has 1 atom stereocenters. The van der Waals surface area contributed by atoms with Crippen LogP contribution < -0.4 is 5.32 Å². The predicted molar refractivity (Wildman–Crippen MR) is 66.6 cm³/mol. The second-order valence-electron chi connectivity index (χ2n) is 4.47. The van der Waals surface area contributed by atoms with E-state index in [1.54, 1.807) is 4.90 Å². The zero-order valence-corrected chi connectivity index (χ0v) is 11.2. The molecule has 108 valence electrons. The molecule has 2 N–H and O–H groups in total. The highest BCUT2D eigenvalue weighted by atomic mass is 16.5. The number of esters is 1. The summed E-state index contributed by atoms with van der Waals surface area (Å²) in [6.45, 7) is 2.39. The number of nitrogens with zero attached hydrogens (tertiary/aromatic N) is 1. The lowest BCUT2D eigenvalue weighted by Gasteiger charge is -2.23. The van der Waals surface area contributed by atoms with Gasteiger partial charge < -0.3 is 20.1 Å². The van der Waals surface area contributed by atoms with Gasteiger partial charge in [-0.3, -0.25) is 4.79 Å². The summed E-state index contributed by atoms with van der Waals surface area (Å²) in [7, 11) is 1.24. The van der Waals surface area contributed by atoms with Gasteiger partial charge in [-0.25, -0.2) is 9.59 Å². The first-order chi connectivity index (χ1) is 8.99. The molecule has 0 aliphatic heterocycles. The minimum atomic E-state index is -1.15. The highest BCUT2D eigenvalue weighted by Gasteiger charge is 2.33. The Morgan fingerprint density at radius 2 is 2.05 bits per heavy atom. The third kappa shape index (κ3) is 4.76. The molecule has 19 heavy (non-hydrogen) atoms. The van der Waals surface area contributed by atoms with Gasteiger partial charge in [-0.1, -0.05) is 0 Å². The van der Waals surface area contributed by atoms with Crippen LogP contribution in [0.5, 0.6) is 0 Å².